The molecule has 2 aromatic rings. The Labute approximate surface area is 123 Å². The van der Waals surface area contributed by atoms with Crippen LogP contribution in [-0.4, -0.2) is 26.4 Å². The molecule has 108 valence electrons. The molecule has 1 aromatic carbocycles. The van der Waals surface area contributed by atoms with E-state index in [1.54, 1.807) is 20.8 Å². The molecule has 0 saturated heterocycles. The van der Waals surface area contributed by atoms with Crippen LogP contribution in [0, 0.1) is 5.82 Å². The Morgan fingerprint density at radius 3 is 2.75 bits per heavy atom. The quantitative estimate of drug-likeness (QED) is 0.862. The highest BCUT2D eigenvalue weighted by molar-refractivity contribution is 9.10. The van der Waals surface area contributed by atoms with Gasteiger partial charge in [-0.1, -0.05) is 0 Å². The molecule has 0 amide bonds. The summed E-state index contributed by atoms with van der Waals surface area (Å²) in [5, 5.41) is 9.32. The zero-order valence-corrected chi connectivity index (χ0v) is 12.9. The van der Waals surface area contributed by atoms with E-state index < -0.39 is 24.1 Å². The van der Waals surface area contributed by atoms with Crippen molar-refractivity contribution in [2.24, 2.45) is 0 Å². The molecule has 0 aliphatic heterocycles. The zero-order valence-electron chi connectivity index (χ0n) is 11.3. The molecular weight excluding hydrogens is 331 g/mol. The maximum Gasteiger partial charge on any atom is 0.420 e. The van der Waals surface area contributed by atoms with Crippen LogP contribution in [0.25, 0.3) is 11.0 Å². The number of nitrogens with zero attached hydrogens (tertiary/aromatic N) is 2. The van der Waals surface area contributed by atoms with E-state index in [2.05, 4.69) is 20.9 Å². The highest BCUT2D eigenvalue weighted by atomic mass is 79.9. The molecule has 0 fully saturated rings. The largest absolute Gasteiger partial charge is 0.443 e. The van der Waals surface area contributed by atoms with Crippen molar-refractivity contribution in [1.29, 1.82) is 0 Å². The number of aliphatic hydroxyl groups excluding tert-OH is 1. The van der Waals surface area contributed by atoms with E-state index in [9.17, 15) is 14.3 Å². The van der Waals surface area contributed by atoms with E-state index in [0.29, 0.717) is 9.99 Å². The fraction of sp³-hybridized carbons (Fsp3) is 0.385. The van der Waals surface area contributed by atoms with Gasteiger partial charge in [0.05, 0.1) is 12.1 Å². The molecule has 5 nitrogen and oxygen atoms in total. The Hall–Kier alpha value is -1.47. The van der Waals surface area contributed by atoms with Crippen molar-refractivity contribution in [1.82, 2.24) is 9.55 Å². The molecule has 0 atom stereocenters. The van der Waals surface area contributed by atoms with Gasteiger partial charge in [-0.3, -0.25) is 0 Å². The predicted octanol–water partition coefficient (Wildman–Crippen LogP) is 3.21. The van der Waals surface area contributed by atoms with Gasteiger partial charge in [0.25, 0.3) is 0 Å². The monoisotopic (exact) mass is 344 g/mol. The van der Waals surface area contributed by atoms with Crippen LogP contribution in [0.1, 0.15) is 26.3 Å². The van der Waals surface area contributed by atoms with Crippen LogP contribution >= 0.6 is 15.9 Å². The molecule has 0 radical (unpaired) electrons. The molecule has 7 heteroatoms. The standard InChI is InChI=1S/C13H14BrFN2O3/c1-13(2,3)20-12(19)17-6-16-10-8(14)4-9(15)7(5-18)11(10)17/h4,6,18H,5H2,1-3H3. The lowest BCUT2D eigenvalue weighted by Crippen LogP contribution is -2.27. The number of rotatable bonds is 1. The third-order valence-electron chi connectivity index (χ3n) is 2.57. The zero-order chi connectivity index (χ0) is 15.1. The first-order valence-corrected chi connectivity index (χ1v) is 6.72. The summed E-state index contributed by atoms with van der Waals surface area (Å²) in [6.45, 7) is 4.65. The number of halogens is 2. The Balaban J connectivity index is 2.64. The number of ether oxygens (including phenoxy) is 1. The average Bonchev–Trinajstić information content (AvgIpc) is 2.72. The Bertz CT molecular complexity index is 676. The van der Waals surface area contributed by atoms with Gasteiger partial charge in [-0.25, -0.2) is 18.7 Å². The highest BCUT2D eigenvalue weighted by Gasteiger charge is 2.23. The summed E-state index contributed by atoms with van der Waals surface area (Å²) in [5.74, 6) is -0.614. The number of imidazole rings is 1. The second-order valence-electron chi connectivity index (χ2n) is 5.27. The molecule has 0 aliphatic rings. The Morgan fingerprint density at radius 2 is 2.20 bits per heavy atom. The van der Waals surface area contributed by atoms with Crippen molar-refractivity contribution in [3.05, 3.63) is 28.2 Å². The first-order valence-electron chi connectivity index (χ1n) is 5.92. The summed E-state index contributed by atoms with van der Waals surface area (Å²) in [7, 11) is 0. The summed E-state index contributed by atoms with van der Waals surface area (Å²) in [6, 6.07) is 1.21. The second kappa shape index (κ2) is 5.14. The lowest BCUT2D eigenvalue weighted by Gasteiger charge is -2.19. The number of hydrogen-bond donors (Lipinski definition) is 1. The van der Waals surface area contributed by atoms with Gasteiger partial charge in [0.15, 0.2) is 0 Å². The van der Waals surface area contributed by atoms with Crippen LogP contribution in [0.4, 0.5) is 9.18 Å². The van der Waals surface area contributed by atoms with Gasteiger partial charge in [-0.15, -0.1) is 0 Å². The average molecular weight is 345 g/mol. The van der Waals surface area contributed by atoms with Crippen molar-refractivity contribution in [3.63, 3.8) is 0 Å². The minimum absolute atomic E-state index is 0.00607. The molecule has 0 bridgehead atoms. The number of fused-ring (bicyclic) bond motifs is 1. The van der Waals surface area contributed by atoms with Crippen LogP contribution in [0.3, 0.4) is 0 Å². The molecule has 1 N–H and O–H groups in total. The van der Waals surface area contributed by atoms with Gasteiger partial charge in [0.1, 0.15) is 23.3 Å². The SMILES string of the molecule is CC(C)(C)OC(=O)n1cnc2c(Br)cc(F)c(CO)c21. The predicted molar refractivity (Wildman–Crippen MR) is 74.9 cm³/mol. The Kier molecular flexibility index (Phi) is 3.84. The number of hydrogen-bond acceptors (Lipinski definition) is 4. The molecule has 0 unspecified atom stereocenters. The van der Waals surface area contributed by atoms with Gasteiger partial charge >= 0.3 is 6.09 Å². The van der Waals surface area contributed by atoms with E-state index in [-0.39, 0.29) is 11.1 Å². The summed E-state index contributed by atoms with van der Waals surface area (Å²) in [6.07, 6.45) is 0.578. The lowest BCUT2D eigenvalue weighted by atomic mass is 10.2. The normalized spacial score (nSPS) is 11.9. The first-order chi connectivity index (χ1) is 9.24. The van der Waals surface area contributed by atoms with Crippen LogP contribution in [0.15, 0.2) is 16.9 Å². The minimum Gasteiger partial charge on any atom is -0.443 e. The fourth-order valence-electron chi connectivity index (χ4n) is 1.79. The number of benzene rings is 1. The molecule has 0 aliphatic carbocycles. The molecule has 1 heterocycles. The van der Waals surface area contributed by atoms with Crippen LogP contribution in [0.2, 0.25) is 0 Å². The van der Waals surface area contributed by atoms with E-state index >= 15 is 0 Å². The second-order valence-corrected chi connectivity index (χ2v) is 6.12. The highest BCUT2D eigenvalue weighted by Crippen LogP contribution is 2.29. The number of carbonyl (C=O) groups is 1. The van der Waals surface area contributed by atoms with Gasteiger partial charge in [-0.05, 0) is 42.8 Å². The number of carbonyl (C=O) groups excluding carboxylic acids is 1. The summed E-state index contributed by atoms with van der Waals surface area (Å²) >= 11 is 3.19. The molecule has 2 rings (SSSR count). The van der Waals surface area contributed by atoms with Crippen LogP contribution in [-0.2, 0) is 11.3 Å². The van der Waals surface area contributed by atoms with Gasteiger partial charge in [-0.2, -0.15) is 0 Å². The maximum atomic E-state index is 13.9. The van der Waals surface area contributed by atoms with E-state index in [1.165, 1.54) is 12.4 Å². The summed E-state index contributed by atoms with van der Waals surface area (Å²) < 4.78 is 20.6. The lowest BCUT2D eigenvalue weighted by molar-refractivity contribution is 0.0543. The summed E-state index contributed by atoms with van der Waals surface area (Å²) in [4.78, 5) is 16.2. The smallest absolute Gasteiger partial charge is 0.420 e. The van der Waals surface area contributed by atoms with Crippen molar-refractivity contribution in [3.8, 4) is 0 Å². The molecule has 20 heavy (non-hydrogen) atoms. The van der Waals surface area contributed by atoms with Gasteiger partial charge in [0, 0.05) is 10.0 Å². The minimum atomic E-state index is -0.683. The van der Waals surface area contributed by atoms with Crippen molar-refractivity contribution in [2.45, 2.75) is 33.0 Å². The molecular formula is C13H14BrFN2O3. The maximum absolute atomic E-state index is 13.9. The van der Waals surface area contributed by atoms with E-state index in [4.69, 9.17) is 4.74 Å². The Morgan fingerprint density at radius 1 is 1.55 bits per heavy atom. The van der Waals surface area contributed by atoms with Crippen molar-refractivity contribution in [2.75, 3.05) is 0 Å². The number of aromatic nitrogens is 2. The molecule has 0 spiro atoms. The topological polar surface area (TPSA) is 64.4 Å². The van der Waals surface area contributed by atoms with E-state index in [1.807, 2.05) is 0 Å². The third kappa shape index (κ3) is 2.69. The van der Waals surface area contributed by atoms with Crippen molar-refractivity contribution < 1.29 is 19.0 Å². The van der Waals surface area contributed by atoms with E-state index in [0.717, 1.165) is 4.57 Å². The summed E-state index contributed by atoms with van der Waals surface area (Å²) in [5.41, 5.74) is -0.0843. The van der Waals surface area contributed by atoms with Crippen molar-refractivity contribution >= 4 is 33.1 Å². The third-order valence-corrected chi connectivity index (χ3v) is 3.17. The van der Waals surface area contributed by atoms with Gasteiger partial charge in [0.2, 0.25) is 0 Å². The molecule has 0 saturated carbocycles. The van der Waals surface area contributed by atoms with Gasteiger partial charge < -0.3 is 9.84 Å². The van der Waals surface area contributed by atoms with Crippen LogP contribution < -0.4 is 0 Å². The molecule has 1 aromatic heterocycles. The van der Waals surface area contributed by atoms with Crippen LogP contribution in [0.5, 0.6) is 0 Å². The number of aliphatic hydroxyl groups is 1. The first kappa shape index (κ1) is 14.9. The fourth-order valence-corrected chi connectivity index (χ4v) is 2.28.